The van der Waals surface area contributed by atoms with Gasteiger partial charge in [0.15, 0.2) is 0 Å². The van der Waals surface area contributed by atoms with E-state index in [0.29, 0.717) is 0 Å². The molecule has 0 bridgehead atoms. The van der Waals surface area contributed by atoms with E-state index >= 15 is 0 Å². The summed E-state index contributed by atoms with van der Waals surface area (Å²) in [7, 11) is -0.646. The Morgan fingerprint density at radius 2 is 1.38 bits per heavy atom. The Labute approximate surface area is 101 Å². The Morgan fingerprint density at radius 1 is 0.923 bits per heavy atom. The smallest absolute Gasteiger partial charge is 0.107 e. The maximum Gasteiger partial charge on any atom is -0.107 e. The summed E-state index contributed by atoms with van der Waals surface area (Å²) in [5.41, 5.74) is 0. The van der Waals surface area contributed by atoms with E-state index in [9.17, 15) is 0 Å². The van der Waals surface area contributed by atoms with Crippen LogP contribution in [-0.2, 0) is 0 Å². The summed E-state index contributed by atoms with van der Waals surface area (Å²) in [5.74, 6) is 2.14. The molecule has 13 heavy (non-hydrogen) atoms. The fourth-order valence-corrected chi connectivity index (χ4v) is 10.5. The van der Waals surface area contributed by atoms with Crippen molar-refractivity contribution in [2.24, 2.45) is 11.8 Å². The van der Waals surface area contributed by atoms with Gasteiger partial charge >= 0.3 is 76.9 Å². The molecule has 2 heterocycles. The van der Waals surface area contributed by atoms with Crippen LogP contribution >= 0.6 is 31.2 Å². The minimum absolute atomic E-state index is 0. The summed E-state index contributed by atoms with van der Waals surface area (Å²) in [6.07, 6.45) is 11.4. The van der Waals surface area contributed by atoms with Gasteiger partial charge in [0.1, 0.15) is 0 Å². The summed E-state index contributed by atoms with van der Waals surface area (Å²) < 4.78 is 0. The number of hydrogen-bond acceptors (Lipinski definition) is 0. The van der Waals surface area contributed by atoms with Gasteiger partial charge in [-0.05, 0) is 0 Å². The molecule has 2 aliphatic heterocycles. The van der Waals surface area contributed by atoms with Crippen LogP contribution in [0.4, 0.5) is 0 Å². The van der Waals surface area contributed by atoms with Crippen molar-refractivity contribution in [2.45, 2.75) is 33.1 Å². The van der Waals surface area contributed by atoms with Crippen molar-refractivity contribution in [3.63, 3.8) is 0 Å². The molecule has 0 aromatic heterocycles. The van der Waals surface area contributed by atoms with Gasteiger partial charge in [-0.2, -0.15) is 0 Å². The number of halogens is 1. The molecule has 0 nitrogen and oxygen atoms in total. The van der Waals surface area contributed by atoms with Crippen LogP contribution in [0.2, 0.25) is 0 Å². The molecule has 0 aliphatic carbocycles. The molecule has 2 unspecified atom stereocenters. The van der Waals surface area contributed by atoms with Crippen LogP contribution in [0.3, 0.4) is 0 Å². The zero-order valence-electron chi connectivity index (χ0n) is 9.01. The zero-order chi connectivity index (χ0) is 8.60. The van der Waals surface area contributed by atoms with Crippen LogP contribution in [0.1, 0.15) is 33.1 Å². The molecule has 2 saturated heterocycles. The van der Waals surface area contributed by atoms with Crippen LogP contribution < -0.4 is 0 Å². The monoisotopic (exact) mass is 314 g/mol. The molecule has 2 aliphatic rings. The zero-order valence-corrected chi connectivity index (χ0v) is 12.3. The summed E-state index contributed by atoms with van der Waals surface area (Å²) in [6.45, 7) is 4.98. The predicted octanol–water partition coefficient (Wildman–Crippen LogP) is 3.82. The Balaban J connectivity index is 0.000000845. The van der Waals surface area contributed by atoms with E-state index in [-0.39, 0.29) is 24.0 Å². The van der Waals surface area contributed by atoms with E-state index in [0.717, 1.165) is 11.8 Å². The van der Waals surface area contributed by atoms with Crippen molar-refractivity contribution in [1.82, 2.24) is 0 Å². The molecule has 0 aromatic rings. The molecule has 1 spiro atoms. The molecule has 0 radical (unpaired) electrons. The summed E-state index contributed by atoms with van der Waals surface area (Å²) in [4.78, 5) is 0. The maximum atomic E-state index is 2.49. The van der Waals surface area contributed by atoms with E-state index in [4.69, 9.17) is 0 Å². The first-order valence-corrected chi connectivity index (χ1v) is 8.53. The predicted molar refractivity (Wildman–Crippen MR) is 75.4 cm³/mol. The average Bonchev–Trinajstić information content (AvgIpc) is 2.33. The Morgan fingerprint density at radius 3 is 1.85 bits per heavy atom. The van der Waals surface area contributed by atoms with Gasteiger partial charge in [0.2, 0.25) is 0 Å². The van der Waals surface area contributed by atoms with E-state index in [1.807, 2.05) is 0 Å². The molecule has 0 aromatic carbocycles. The third kappa shape index (κ3) is 2.81. The van der Waals surface area contributed by atoms with Crippen LogP contribution in [0, 0.1) is 11.8 Å². The molecule has 2 atom stereocenters. The first-order chi connectivity index (χ1) is 5.70. The second-order valence-electron chi connectivity index (χ2n) is 5.56. The van der Waals surface area contributed by atoms with Gasteiger partial charge in [-0.25, -0.2) is 0 Å². The van der Waals surface area contributed by atoms with Gasteiger partial charge in [0, 0.05) is 0 Å². The van der Waals surface area contributed by atoms with Crippen molar-refractivity contribution in [3.05, 3.63) is 0 Å². The normalized spacial score (nSPS) is 39.8. The van der Waals surface area contributed by atoms with Crippen LogP contribution in [0.5, 0.6) is 0 Å². The summed E-state index contributed by atoms with van der Waals surface area (Å²) in [5, 5.41) is 0. The van der Waals surface area contributed by atoms with Gasteiger partial charge in [0.05, 0.1) is 0 Å². The Kier molecular flexibility index (Phi) is 4.50. The molecule has 0 N–H and O–H groups in total. The Hall–Kier alpha value is 1.16. The molecule has 0 amide bonds. The molecule has 2 fully saturated rings. The van der Waals surface area contributed by atoms with Crippen LogP contribution in [0.25, 0.3) is 0 Å². The SMILES string of the molecule is CC1CC(C)C[PH]2(CCCC2)C1.I. The largest absolute Gasteiger partial charge is 0.107 e. The fraction of sp³-hybridized carbons (Fsp3) is 1.00. The Bertz CT molecular complexity index is 151. The van der Waals surface area contributed by atoms with Crippen molar-refractivity contribution in [2.75, 3.05) is 24.6 Å². The van der Waals surface area contributed by atoms with Gasteiger partial charge in [-0.1, -0.05) is 0 Å². The second-order valence-corrected chi connectivity index (χ2v) is 10.4. The molecular formula is C11H24IP. The fourth-order valence-electron chi connectivity index (χ4n) is 3.95. The third-order valence-corrected chi connectivity index (χ3v) is 9.99. The molecular weight excluding hydrogens is 290 g/mol. The van der Waals surface area contributed by atoms with E-state index in [1.54, 1.807) is 37.5 Å². The van der Waals surface area contributed by atoms with Crippen molar-refractivity contribution in [3.8, 4) is 0 Å². The first-order valence-electron chi connectivity index (χ1n) is 5.70. The van der Waals surface area contributed by atoms with Gasteiger partial charge in [0.25, 0.3) is 0 Å². The van der Waals surface area contributed by atoms with Gasteiger partial charge in [-0.15, -0.1) is 24.0 Å². The van der Waals surface area contributed by atoms with Crippen molar-refractivity contribution >= 4 is 31.2 Å². The summed E-state index contributed by atoms with van der Waals surface area (Å²) in [6, 6.07) is 0. The number of hydrogen-bond donors (Lipinski definition) is 0. The minimum atomic E-state index is -0.646. The van der Waals surface area contributed by atoms with E-state index in [2.05, 4.69) is 13.8 Å². The topological polar surface area (TPSA) is 0 Å². The van der Waals surface area contributed by atoms with Crippen LogP contribution in [0.15, 0.2) is 0 Å². The minimum Gasteiger partial charge on any atom is -0.107 e. The summed E-state index contributed by atoms with van der Waals surface area (Å²) >= 11 is 0. The first kappa shape index (κ1) is 12.2. The number of rotatable bonds is 0. The molecule has 2 rings (SSSR count). The standard InChI is InChI=1S/C11H23P.HI/c1-10-7-11(2)9-12(8-10)5-3-4-6-12;/h10-12H,3-9H2,1-2H3;1H. The van der Waals surface area contributed by atoms with E-state index < -0.39 is 7.26 Å². The van der Waals surface area contributed by atoms with E-state index in [1.165, 1.54) is 6.42 Å². The third-order valence-electron chi connectivity index (χ3n) is 4.03. The average molecular weight is 314 g/mol. The molecule has 0 saturated carbocycles. The van der Waals surface area contributed by atoms with Crippen LogP contribution in [-0.4, -0.2) is 24.6 Å². The second kappa shape index (κ2) is 4.79. The van der Waals surface area contributed by atoms with Crippen molar-refractivity contribution in [1.29, 1.82) is 0 Å². The quantitative estimate of drug-likeness (QED) is 0.471. The molecule has 80 valence electrons. The van der Waals surface area contributed by atoms with Gasteiger partial charge in [-0.3, -0.25) is 0 Å². The van der Waals surface area contributed by atoms with Gasteiger partial charge < -0.3 is 0 Å². The van der Waals surface area contributed by atoms with Crippen molar-refractivity contribution < 1.29 is 0 Å². The maximum absolute atomic E-state index is 2.49. The molecule has 2 heteroatoms.